The molecule has 0 atom stereocenters. The van der Waals surface area contributed by atoms with Crippen molar-refractivity contribution in [2.75, 3.05) is 22.9 Å². The van der Waals surface area contributed by atoms with E-state index in [4.69, 9.17) is 0 Å². The lowest BCUT2D eigenvalue weighted by molar-refractivity contribution is -0.135. The van der Waals surface area contributed by atoms with Crippen molar-refractivity contribution >= 4 is 28.7 Å². The first-order chi connectivity index (χ1) is 9.72. The third kappa shape index (κ3) is 1.90. The maximum atomic E-state index is 11.2. The van der Waals surface area contributed by atoms with Crippen LogP contribution in [-0.2, 0) is 4.79 Å². The zero-order valence-corrected chi connectivity index (χ0v) is 11.3. The quantitative estimate of drug-likeness (QED) is 0.926. The van der Waals surface area contributed by atoms with Crippen LogP contribution in [0.2, 0.25) is 0 Å². The van der Waals surface area contributed by atoms with E-state index < -0.39 is 5.97 Å². The summed E-state index contributed by atoms with van der Waals surface area (Å²) >= 11 is 0. The predicted molar refractivity (Wildman–Crippen MR) is 80.2 cm³/mol. The molecule has 0 unspecified atom stereocenters. The standard InChI is InChI=1S/C16H16N2O2/c1-2-17-12-7-3-5-9-14(12)18(11-16(19)20)15-10-6-4-8-13(15)17/h3-10H,2,11H2,1H3,(H,19,20). The Bertz CT molecular complexity index is 607. The van der Waals surface area contributed by atoms with Crippen LogP contribution < -0.4 is 9.80 Å². The Morgan fingerprint density at radius 2 is 1.30 bits per heavy atom. The monoisotopic (exact) mass is 268 g/mol. The topological polar surface area (TPSA) is 43.8 Å². The number of benzene rings is 2. The van der Waals surface area contributed by atoms with Gasteiger partial charge in [-0.15, -0.1) is 0 Å². The Morgan fingerprint density at radius 1 is 0.900 bits per heavy atom. The molecule has 0 fully saturated rings. The molecular weight excluding hydrogens is 252 g/mol. The van der Waals surface area contributed by atoms with E-state index in [1.165, 1.54) is 0 Å². The molecule has 0 radical (unpaired) electrons. The highest BCUT2D eigenvalue weighted by molar-refractivity contribution is 5.95. The van der Waals surface area contributed by atoms with E-state index in [2.05, 4.69) is 11.8 Å². The highest BCUT2D eigenvalue weighted by Crippen LogP contribution is 2.47. The Labute approximate surface area is 117 Å². The van der Waals surface area contributed by atoms with Crippen molar-refractivity contribution in [2.24, 2.45) is 0 Å². The normalized spacial score (nSPS) is 12.8. The van der Waals surface area contributed by atoms with Crippen molar-refractivity contribution in [3.8, 4) is 0 Å². The number of carboxylic acid groups (broad SMARTS) is 1. The summed E-state index contributed by atoms with van der Waals surface area (Å²) in [6, 6.07) is 15.8. The minimum Gasteiger partial charge on any atom is -0.480 e. The van der Waals surface area contributed by atoms with Crippen LogP contribution in [-0.4, -0.2) is 24.2 Å². The second kappa shape index (κ2) is 4.89. The number of hydrogen-bond donors (Lipinski definition) is 1. The van der Waals surface area contributed by atoms with E-state index in [1.54, 1.807) is 0 Å². The largest absolute Gasteiger partial charge is 0.480 e. The van der Waals surface area contributed by atoms with E-state index in [-0.39, 0.29) is 6.54 Å². The molecule has 2 aromatic carbocycles. The molecule has 2 aromatic rings. The molecule has 20 heavy (non-hydrogen) atoms. The molecule has 1 N–H and O–H groups in total. The zero-order chi connectivity index (χ0) is 14.1. The van der Waals surface area contributed by atoms with Gasteiger partial charge in [-0.1, -0.05) is 24.3 Å². The van der Waals surface area contributed by atoms with Gasteiger partial charge in [-0.2, -0.15) is 0 Å². The molecule has 102 valence electrons. The molecule has 1 heterocycles. The van der Waals surface area contributed by atoms with Gasteiger partial charge in [0.25, 0.3) is 0 Å². The molecule has 1 aliphatic heterocycles. The summed E-state index contributed by atoms with van der Waals surface area (Å²) in [5, 5.41) is 9.18. The van der Waals surface area contributed by atoms with Crippen molar-refractivity contribution in [3.05, 3.63) is 48.5 Å². The Balaban J connectivity index is 2.21. The van der Waals surface area contributed by atoms with Crippen molar-refractivity contribution in [2.45, 2.75) is 6.92 Å². The number of para-hydroxylation sites is 4. The summed E-state index contributed by atoms with van der Waals surface area (Å²) in [4.78, 5) is 15.3. The summed E-state index contributed by atoms with van der Waals surface area (Å²) in [6.07, 6.45) is 0. The van der Waals surface area contributed by atoms with Gasteiger partial charge in [0.15, 0.2) is 0 Å². The third-order valence-electron chi connectivity index (χ3n) is 3.54. The fourth-order valence-corrected chi connectivity index (χ4v) is 2.75. The van der Waals surface area contributed by atoms with Gasteiger partial charge in [-0.3, -0.25) is 4.79 Å². The molecule has 4 nitrogen and oxygen atoms in total. The van der Waals surface area contributed by atoms with Gasteiger partial charge in [0, 0.05) is 6.54 Å². The van der Waals surface area contributed by atoms with E-state index in [1.807, 2.05) is 53.4 Å². The van der Waals surface area contributed by atoms with Crippen LogP contribution in [0.25, 0.3) is 0 Å². The van der Waals surface area contributed by atoms with Gasteiger partial charge in [0.05, 0.1) is 22.7 Å². The van der Waals surface area contributed by atoms with Crippen molar-refractivity contribution in [3.63, 3.8) is 0 Å². The second-order valence-electron chi connectivity index (χ2n) is 4.70. The van der Waals surface area contributed by atoms with Crippen LogP contribution in [0.4, 0.5) is 22.7 Å². The smallest absolute Gasteiger partial charge is 0.323 e. The lowest BCUT2D eigenvalue weighted by atomic mass is 10.1. The van der Waals surface area contributed by atoms with Gasteiger partial charge in [0.1, 0.15) is 6.54 Å². The first-order valence-corrected chi connectivity index (χ1v) is 6.67. The first-order valence-electron chi connectivity index (χ1n) is 6.67. The van der Waals surface area contributed by atoms with Crippen LogP contribution in [0.3, 0.4) is 0 Å². The number of anilines is 4. The summed E-state index contributed by atoms with van der Waals surface area (Å²) in [7, 11) is 0. The fraction of sp³-hybridized carbons (Fsp3) is 0.188. The molecule has 4 heteroatoms. The maximum Gasteiger partial charge on any atom is 0.323 e. The van der Waals surface area contributed by atoms with Gasteiger partial charge in [-0.25, -0.2) is 0 Å². The molecule has 0 saturated carbocycles. The van der Waals surface area contributed by atoms with Crippen LogP contribution in [0.15, 0.2) is 48.5 Å². The Hall–Kier alpha value is -2.49. The number of aliphatic carboxylic acids is 1. The average molecular weight is 268 g/mol. The van der Waals surface area contributed by atoms with E-state index >= 15 is 0 Å². The van der Waals surface area contributed by atoms with Gasteiger partial charge < -0.3 is 14.9 Å². The zero-order valence-electron chi connectivity index (χ0n) is 11.3. The Morgan fingerprint density at radius 3 is 1.65 bits per heavy atom. The van der Waals surface area contributed by atoms with E-state index in [0.717, 1.165) is 29.3 Å². The van der Waals surface area contributed by atoms with Crippen LogP contribution in [0.5, 0.6) is 0 Å². The summed E-state index contributed by atoms with van der Waals surface area (Å²) in [5.41, 5.74) is 3.98. The minimum absolute atomic E-state index is 0.0361. The number of nitrogens with zero attached hydrogens (tertiary/aromatic N) is 2. The number of rotatable bonds is 3. The molecule has 0 bridgehead atoms. The SMILES string of the molecule is CCN1c2ccccc2N(CC(=O)O)c2ccccc21. The molecule has 3 rings (SSSR count). The average Bonchev–Trinajstić information content (AvgIpc) is 2.47. The molecule has 0 aliphatic carbocycles. The molecule has 0 amide bonds. The first kappa shape index (κ1) is 12.5. The van der Waals surface area contributed by atoms with Gasteiger partial charge >= 0.3 is 5.97 Å². The van der Waals surface area contributed by atoms with Gasteiger partial charge in [0.2, 0.25) is 0 Å². The van der Waals surface area contributed by atoms with Crippen LogP contribution in [0.1, 0.15) is 6.92 Å². The number of carbonyl (C=O) groups is 1. The molecule has 1 aliphatic rings. The Kier molecular flexibility index (Phi) is 3.06. The van der Waals surface area contributed by atoms with E-state index in [9.17, 15) is 9.90 Å². The highest BCUT2D eigenvalue weighted by Gasteiger charge is 2.27. The van der Waals surface area contributed by atoms with Crippen molar-refractivity contribution < 1.29 is 9.90 Å². The lowest BCUT2D eigenvalue weighted by Gasteiger charge is -2.39. The summed E-state index contributed by atoms with van der Waals surface area (Å²) < 4.78 is 0. The molecular formula is C16H16N2O2. The highest BCUT2D eigenvalue weighted by atomic mass is 16.4. The van der Waals surface area contributed by atoms with Crippen molar-refractivity contribution in [1.29, 1.82) is 0 Å². The third-order valence-corrected chi connectivity index (χ3v) is 3.54. The van der Waals surface area contributed by atoms with Gasteiger partial charge in [-0.05, 0) is 31.2 Å². The van der Waals surface area contributed by atoms with Crippen LogP contribution in [0, 0.1) is 0 Å². The number of fused-ring (bicyclic) bond motifs is 2. The summed E-state index contributed by atoms with van der Waals surface area (Å²) in [6.45, 7) is 2.90. The summed E-state index contributed by atoms with van der Waals surface area (Å²) in [5.74, 6) is -0.834. The second-order valence-corrected chi connectivity index (χ2v) is 4.70. The minimum atomic E-state index is -0.834. The molecule has 0 spiro atoms. The number of hydrogen-bond acceptors (Lipinski definition) is 3. The van der Waals surface area contributed by atoms with Crippen molar-refractivity contribution in [1.82, 2.24) is 0 Å². The fourth-order valence-electron chi connectivity index (χ4n) is 2.75. The predicted octanol–water partition coefficient (Wildman–Crippen LogP) is 3.38. The molecule has 0 aromatic heterocycles. The number of carboxylic acids is 1. The molecule has 0 saturated heterocycles. The van der Waals surface area contributed by atoms with Crippen LogP contribution >= 0.6 is 0 Å². The maximum absolute atomic E-state index is 11.2. The van der Waals surface area contributed by atoms with E-state index in [0.29, 0.717) is 0 Å². The lowest BCUT2D eigenvalue weighted by Crippen LogP contribution is -2.32.